The van der Waals surface area contributed by atoms with Crippen molar-refractivity contribution in [2.24, 2.45) is 5.73 Å². The highest BCUT2D eigenvalue weighted by molar-refractivity contribution is 6.09. The van der Waals surface area contributed by atoms with Crippen LogP contribution in [0.4, 0.5) is 0 Å². The summed E-state index contributed by atoms with van der Waals surface area (Å²) < 4.78 is 11.7. The summed E-state index contributed by atoms with van der Waals surface area (Å²) in [5.41, 5.74) is 8.66. The minimum Gasteiger partial charge on any atom is -0.483 e. The van der Waals surface area contributed by atoms with Crippen molar-refractivity contribution in [2.75, 3.05) is 6.61 Å². The summed E-state index contributed by atoms with van der Waals surface area (Å²) >= 11 is 0. The number of H-pyrrole nitrogens is 1. The Morgan fingerprint density at radius 3 is 2.91 bits per heavy atom. The molecule has 1 aliphatic heterocycles. The first-order valence-corrected chi connectivity index (χ1v) is 10.8. The second-order valence-electron chi connectivity index (χ2n) is 7.99. The maximum atomic E-state index is 13.0. The summed E-state index contributed by atoms with van der Waals surface area (Å²) in [4.78, 5) is 13.0. The number of nitrogens with zero attached hydrogens (tertiary/aromatic N) is 3. The molecular weight excluding hydrogens is 406 g/mol. The second kappa shape index (κ2) is 9.32. The molecule has 8 nitrogen and oxygen atoms in total. The van der Waals surface area contributed by atoms with Crippen LogP contribution in [-0.4, -0.2) is 33.0 Å². The molecule has 2 heterocycles. The summed E-state index contributed by atoms with van der Waals surface area (Å²) in [5.74, 6) is 0.648. The first-order valence-electron chi connectivity index (χ1n) is 10.8. The number of nitrogens with one attached hydrogen (secondary N) is 1. The van der Waals surface area contributed by atoms with Gasteiger partial charge in [-0.1, -0.05) is 50.1 Å². The number of carbonyl (C=O) groups excluding carboxylic acids is 1. The number of tetrazole rings is 1. The van der Waals surface area contributed by atoms with E-state index >= 15 is 0 Å². The third kappa shape index (κ3) is 4.55. The smallest absolute Gasteiger partial charge is 0.257 e. The van der Waals surface area contributed by atoms with Crippen molar-refractivity contribution < 1.29 is 14.3 Å². The van der Waals surface area contributed by atoms with E-state index in [-0.39, 0.29) is 24.0 Å². The summed E-state index contributed by atoms with van der Waals surface area (Å²) in [7, 11) is 0. The van der Waals surface area contributed by atoms with E-state index in [1.807, 2.05) is 6.08 Å². The molecule has 3 aromatic rings. The fraction of sp³-hybridized carbons (Fsp3) is 0.333. The Balaban J connectivity index is 1.53. The van der Waals surface area contributed by atoms with Crippen LogP contribution in [0.15, 0.2) is 42.5 Å². The van der Waals surface area contributed by atoms with Gasteiger partial charge in [0.25, 0.3) is 5.72 Å². The van der Waals surface area contributed by atoms with Gasteiger partial charge in [-0.05, 0) is 59.9 Å². The molecule has 0 saturated carbocycles. The zero-order chi connectivity index (χ0) is 22.6. The fourth-order valence-corrected chi connectivity index (χ4v) is 3.69. The number of fused-ring (bicyclic) bond motifs is 1. The van der Waals surface area contributed by atoms with Gasteiger partial charge in [-0.2, -0.15) is 5.21 Å². The van der Waals surface area contributed by atoms with Crippen molar-refractivity contribution in [3.05, 3.63) is 70.6 Å². The molecular formula is C24H27N5O3. The maximum Gasteiger partial charge on any atom is 0.257 e. The molecule has 1 aromatic heterocycles. The van der Waals surface area contributed by atoms with Crippen LogP contribution >= 0.6 is 0 Å². The summed E-state index contributed by atoms with van der Waals surface area (Å²) in [5, 5.41) is 13.7. The normalized spacial score (nSPS) is 17.6. The second-order valence-corrected chi connectivity index (χ2v) is 7.99. The lowest BCUT2D eigenvalue weighted by molar-refractivity contribution is -0.0154. The number of benzene rings is 2. The van der Waals surface area contributed by atoms with Gasteiger partial charge in [-0.25, -0.2) is 0 Å². The minimum absolute atomic E-state index is 0.00316. The lowest BCUT2D eigenvalue weighted by atomic mass is 10.00. The van der Waals surface area contributed by atoms with Gasteiger partial charge in [0.2, 0.25) is 5.82 Å². The van der Waals surface area contributed by atoms with Crippen LogP contribution in [0.1, 0.15) is 59.1 Å². The molecule has 0 spiro atoms. The first-order chi connectivity index (χ1) is 15.5. The maximum absolute atomic E-state index is 13.0. The summed E-state index contributed by atoms with van der Waals surface area (Å²) in [6.45, 7) is 4.26. The molecule has 1 aliphatic rings. The van der Waals surface area contributed by atoms with Crippen molar-refractivity contribution in [2.45, 2.75) is 45.3 Å². The Labute approximate surface area is 186 Å². The van der Waals surface area contributed by atoms with Crippen molar-refractivity contribution in [3.63, 3.8) is 0 Å². The zero-order valence-electron chi connectivity index (χ0n) is 18.3. The van der Waals surface area contributed by atoms with Gasteiger partial charge < -0.3 is 9.47 Å². The quantitative estimate of drug-likeness (QED) is 0.316. The SMILES string of the molecule is CCCCCc1ccc(C=CC(=O)c2cccc3c2OC(N)(c2nn[nH]n2)CO3)c(C)c1. The number of hydrogen-bond acceptors (Lipinski definition) is 7. The Morgan fingerprint density at radius 2 is 2.16 bits per heavy atom. The molecule has 1 atom stereocenters. The van der Waals surface area contributed by atoms with Gasteiger partial charge >= 0.3 is 0 Å². The average molecular weight is 434 g/mol. The van der Waals surface area contributed by atoms with Gasteiger partial charge in [-0.3, -0.25) is 10.5 Å². The molecule has 0 amide bonds. The van der Waals surface area contributed by atoms with Crippen molar-refractivity contribution in [3.8, 4) is 11.5 Å². The van der Waals surface area contributed by atoms with Gasteiger partial charge in [0.1, 0.15) is 6.61 Å². The fourth-order valence-electron chi connectivity index (χ4n) is 3.69. The van der Waals surface area contributed by atoms with Crippen LogP contribution in [0.25, 0.3) is 6.08 Å². The number of para-hydroxylation sites is 1. The molecule has 0 radical (unpaired) electrons. The molecule has 1 unspecified atom stereocenters. The number of rotatable bonds is 8. The number of aryl methyl sites for hydroxylation is 2. The molecule has 0 saturated heterocycles. The zero-order valence-corrected chi connectivity index (χ0v) is 18.3. The third-order valence-corrected chi connectivity index (χ3v) is 5.51. The average Bonchev–Trinajstić information content (AvgIpc) is 3.34. The van der Waals surface area contributed by atoms with Crippen LogP contribution in [0.2, 0.25) is 0 Å². The van der Waals surface area contributed by atoms with E-state index in [0.717, 1.165) is 17.5 Å². The Hall–Kier alpha value is -3.52. The molecule has 0 fully saturated rings. The van der Waals surface area contributed by atoms with E-state index < -0.39 is 5.72 Å². The van der Waals surface area contributed by atoms with Crippen molar-refractivity contribution in [1.29, 1.82) is 0 Å². The number of aromatic nitrogens is 4. The Bertz CT molecular complexity index is 1130. The predicted molar refractivity (Wildman–Crippen MR) is 120 cm³/mol. The number of unbranched alkanes of at least 4 members (excludes halogenated alkanes) is 2. The lowest BCUT2D eigenvalue weighted by Crippen LogP contribution is -2.51. The molecule has 0 bridgehead atoms. The summed E-state index contributed by atoms with van der Waals surface area (Å²) in [6, 6.07) is 11.5. The topological polar surface area (TPSA) is 116 Å². The summed E-state index contributed by atoms with van der Waals surface area (Å²) in [6.07, 6.45) is 8.08. The van der Waals surface area contributed by atoms with Gasteiger partial charge in [0, 0.05) is 0 Å². The van der Waals surface area contributed by atoms with Crippen molar-refractivity contribution >= 4 is 11.9 Å². The van der Waals surface area contributed by atoms with E-state index in [0.29, 0.717) is 11.3 Å². The van der Waals surface area contributed by atoms with Crippen LogP contribution < -0.4 is 15.2 Å². The van der Waals surface area contributed by atoms with E-state index in [2.05, 4.69) is 52.7 Å². The monoisotopic (exact) mass is 433 g/mol. The largest absolute Gasteiger partial charge is 0.483 e. The highest BCUT2D eigenvalue weighted by Crippen LogP contribution is 2.39. The van der Waals surface area contributed by atoms with Gasteiger partial charge in [0.15, 0.2) is 17.3 Å². The van der Waals surface area contributed by atoms with Crippen molar-refractivity contribution in [1.82, 2.24) is 20.6 Å². The molecule has 166 valence electrons. The minimum atomic E-state index is -1.44. The standard InChI is InChI=1S/C24H27N5O3/c1-3-4-5-7-17-10-11-18(16(2)14-17)12-13-20(30)19-8-6-9-21-22(19)32-24(25,15-31-21)23-26-28-29-27-23/h6,8-14H,3-5,7,15,25H2,1-2H3,(H,26,27,28,29). The predicted octanol–water partition coefficient (Wildman–Crippen LogP) is 3.72. The highest BCUT2D eigenvalue weighted by Gasteiger charge is 2.41. The number of allylic oxidation sites excluding steroid dienone is 1. The number of ketones is 1. The van der Waals surface area contributed by atoms with Crippen LogP contribution in [0, 0.1) is 6.92 Å². The van der Waals surface area contributed by atoms with Crippen LogP contribution in [-0.2, 0) is 12.1 Å². The van der Waals surface area contributed by atoms with Gasteiger partial charge in [-0.15, -0.1) is 10.2 Å². The highest BCUT2D eigenvalue weighted by atomic mass is 16.6. The Kier molecular flexibility index (Phi) is 6.32. The number of ether oxygens (including phenoxy) is 2. The number of carbonyl (C=O) groups is 1. The van der Waals surface area contributed by atoms with Crippen LogP contribution in [0.5, 0.6) is 11.5 Å². The molecule has 2 aromatic carbocycles. The number of nitrogens with two attached hydrogens (primary N) is 1. The molecule has 4 rings (SSSR count). The number of hydrogen-bond donors (Lipinski definition) is 2. The van der Waals surface area contributed by atoms with E-state index in [1.54, 1.807) is 24.3 Å². The lowest BCUT2D eigenvalue weighted by Gasteiger charge is -2.33. The first kappa shape index (κ1) is 21.7. The molecule has 3 N–H and O–H groups in total. The van der Waals surface area contributed by atoms with Gasteiger partial charge in [0.05, 0.1) is 5.56 Å². The number of aromatic amines is 1. The van der Waals surface area contributed by atoms with Crippen LogP contribution in [0.3, 0.4) is 0 Å². The Morgan fingerprint density at radius 1 is 1.28 bits per heavy atom. The third-order valence-electron chi connectivity index (χ3n) is 5.51. The molecule has 8 heteroatoms. The van der Waals surface area contributed by atoms with E-state index in [1.165, 1.54) is 24.8 Å². The molecule has 0 aliphatic carbocycles. The molecule has 32 heavy (non-hydrogen) atoms. The van der Waals surface area contributed by atoms with E-state index in [4.69, 9.17) is 15.2 Å². The van der Waals surface area contributed by atoms with E-state index in [9.17, 15) is 4.79 Å².